The zero-order valence-electron chi connectivity index (χ0n) is 11.8. The molecule has 3 rings (SSSR count). The maximum absolute atomic E-state index is 12.3. The lowest BCUT2D eigenvalue weighted by Gasteiger charge is -2.10. The first-order chi connectivity index (χ1) is 10.3. The number of nitrogens with two attached hydrogens (primary N) is 1. The summed E-state index contributed by atoms with van der Waals surface area (Å²) < 4.78 is 7.45. The van der Waals surface area contributed by atoms with Gasteiger partial charge < -0.3 is 20.4 Å². The van der Waals surface area contributed by atoms with Gasteiger partial charge in [-0.25, -0.2) is 0 Å². The number of ether oxygens (including phenoxy) is 1. The van der Waals surface area contributed by atoms with Crippen LogP contribution in [0, 0.1) is 0 Å². The topological polar surface area (TPSA) is 69.3 Å². The van der Waals surface area contributed by atoms with Crippen LogP contribution in [0.1, 0.15) is 29.4 Å². The second-order valence-corrected chi connectivity index (χ2v) is 5.15. The van der Waals surface area contributed by atoms with E-state index in [4.69, 9.17) is 10.5 Å². The van der Waals surface area contributed by atoms with Crippen molar-refractivity contribution in [2.75, 3.05) is 18.5 Å². The molecule has 0 unspecified atom stereocenters. The molecule has 1 aliphatic rings. The molecule has 5 heteroatoms. The van der Waals surface area contributed by atoms with Gasteiger partial charge in [-0.05, 0) is 49.2 Å². The fraction of sp³-hybridized carbons (Fsp3) is 0.312. The van der Waals surface area contributed by atoms with Crippen LogP contribution in [0.25, 0.3) is 0 Å². The minimum absolute atomic E-state index is 0.0810. The van der Waals surface area contributed by atoms with E-state index in [9.17, 15) is 4.79 Å². The molecule has 110 valence electrons. The third kappa shape index (κ3) is 3.25. The molecule has 0 bridgehead atoms. The van der Waals surface area contributed by atoms with E-state index in [2.05, 4.69) is 5.32 Å². The van der Waals surface area contributed by atoms with Crippen LogP contribution in [0.3, 0.4) is 0 Å². The van der Waals surface area contributed by atoms with Gasteiger partial charge >= 0.3 is 0 Å². The second kappa shape index (κ2) is 6.01. The third-order valence-corrected chi connectivity index (χ3v) is 3.45. The van der Waals surface area contributed by atoms with E-state index in [1.54, 1.807) is 0 Å². The summed E-state index contributed by atoms with van der Waals surface area (Å²) in [4.78, 5) is 12.3. The van der Waals surface area contributed by atoms with Crippen LogP contribution in [0.2, 0.25) is 0 Å². The minimum atomic E-state index is -0.0810. The van der Waals surface area contributed by atoms with Gasteiger partial charge in [0.25, 0.3) is 5.91 Å². The third-order valence-electron chi connectivity index (χ3n) is 3.45. The van der Waals surface area contributed by atoms with E-state index in [1.165, 1.54) is 0 Å². The standard InChI is InChI=1S/C16H19N3O2/c17-9-11-21-14-7-3-12(4-8-14)18-16(20)15-2-1-10-19(15)13-5-6-13/h1-4,7-8,10,13H,5-6,9,11,17H2,(H,18,20). The molecule has 0 radical (unpaired) electrons. The monoisotopic (exact) mass is 285 g/mol. The normalized spacial score (nSPS) is 14.0. The average molecular weight is 285 g/mol. The maximum Gasteiger partial charge on any atom is 0.272 e. The Morgan fingerprint density at radius 1 is 1.29 bits per heavy atom. The summed E-state index contributed by atoms with van der Waals surface area (Å²) in [6.45, 7) is 0.969. The molecule has 5 nitrogen and oxygen atoms in total. The molecule has 0 atom stereocenters. The molecule has 3 N–H and O–H groups in total. The molecule has 1 fully saturated rings. The first kappa shape index (κ1) is 13.7. The number of hydrogen-bond acceptors (Lipinski definition) is 3. The summed E-state index contributed by atoms with van der Waals surface area (Å²) in [5, 5.41) is 2.91. The van der Waals surface area contributed by atoms with Crippen LogP contribution in [0.15, 0.2) is 42.6 Å². The molecule has 1 heterocycles. The van der Waals surface area contributed by atoms with Crippen molar-refractivity contribution in [3.8, 4) is 5.75 Å². The van der Waals surface area contributed by atoms with E-state index < -0.39 is 0 Å². The predicted octanol–water partition coefficient (Wildman–Crippen LogP) is 2.41. The largest absolute Gasteiger partial charge is 0.492 e. The van der Waals surface area contributed by atoms with Crippen molar-refractivity contribution in [1.82, 2.24) is 4.57 Å². The number of amides is 1. The average Bonchev–Trinajstić information content (AvgIpc) is 3.23. The lowest BCUT2D eigenvalue weighted by Crippen LogP contribution is -2.16. The Morgan fingerprint density at radius 3 is 2.71 bits per heavy atom. The fourth-order valence-corrected chi connectivity index (χ4v) is 2.26. The summed E-state index contributed by atoms with van der Waals surface area (Å²) in [6, 6.07) is 11.6. The highest BCUT2D eigenvalue weighted by molar-refractivity contribution is 6.03. The number of carbonyl (C=O) groups excluding carboxylic acids is 1. The van der Waals surface area contributed by atoms with Gasteiger partial charge in [-0.3, -0.25) is 4.79 Å². The van der Waals surface area contributed by atoms with Crippen molar-refractivity contribution in [1.29, 1.82) is 0 Å². The summed E-state index contributed by atoms with van der Waals surface area (Å²) in [6.07, 6.45) is 4.28. The smallest absolute Gasteiger partial charge is 0.272 e. The molecule has 1 aromatic heterocycles. The van der Waals surface area contributed by atoms with Gasteiger partial charge in [0.2, 0.25) is 0 Å². The molecule has 0 saturated heterocycles. The van der Waals surface area contributed by atoms with Gasteiger partial charge in [0.15, 0.2) is 0 Å². The number of nitrogens with zero attached hydrogens (tertiary/aromatic N) is 1. The van der Waals surface area contributed by atoms with Crippen molar-refractivity contribution in [2.24, 2.45) is 5.73 Å². The fourth-order valence-electron chi connectivity index (χ4n) is 2.26. The molecule has 21 heavy (non-hydrogen) atoms. The van der Waals surface area contributed by atoms with E-state index in [1.807, 2.05) is 47.2 Å². The predicted molar refractivity (Wildman–Crippen MR) is 81.6 cm³/mol. The Labute approximate surface area is 123 Å². The molecule has 0 spiro atoms. The summed E-state index contributed by atoms with van der Waals surface area (Å²) in [5.74, 6) is 0.669. The van der Waals surface area contributed by atoms with Gasteiger partial charge in [0, 0.05) is 24.5 Å². The van der Waals surface area contributed by atoms with Crippen LogP contribution in [-0.4, -0.2) is 23.6 Å². The number of carbonyl (C=O) groups is 1. The molecule has 0 aliphatic heterocycles. The van der Waals surface area contributed by atoms with Crippen molar-refractivity contribution >= 4 is 11.6 Å². The first-order valence-electron chi connectivity index (χ1n) is 7.19. The van der Waals surface area contributed by atoms with E-state index in [0.717, 1.165) is 24.3 Å². The maximum atomic E-state index is 12.3. The number of aromatic nitrogens is 1. The highest BCUT2D eigenvalue weighted by Crippen LogP contribution is 2.36. The van der Waals surface area contributed by atoms with Gasteiger partial charge in [0.1, 0.15) is 18.1 Å². The van der Waals surface area contributed by atoms with Gasteiger partial charge in [-0.1, -0.05) is 0 Å². The SMILES string of the molecule is NCCOc1ccc(NC(=O)c2cccn2C2CC2)cc1. The summed E-state index contributed by atoms with van der Waals surface area (Å²) in [5.41, 5.74) is 6.85. The molecule has 1 amide bonds. The zero-order valence-corrected chi connectivity index (χ0v) is 11.8. The molecular formula is C16H19N3O2. The van der Waals surface area contributed by atoms with Gasteiger partial charge in [-0.2, -0.15) is 0 Å². The number of benzene rings is 1. The Hall–Kier alpha value is -2.27. The second-order valence-electron chi connectivity index (χ2n) is 5.15. The zero-order chi connectivity index (χ0) is 14.7. The number of hydrogen-bond donors (Lipinski definition) is 2. The lowest BCUT2D eigenvalue weighted by molar-refractivity contribution is 0.101. The number of anilines is 1. The van der Waals surface area contributed by atoms with E-state index in [0.29, 0.717) is 24.9 Å². The highest BCUT2D eigenvalue weighted by Gasteiger charge is 2.26. The van der Waals surface area contributed by atoms with Crippen LogP contribution < -0.4 is 15.8 Å². The Balaban J connectivity index is 1.65. The van der Waals surface area contributed by atoms with Gasteiger partial charge in [0.05, 0.1) is 0 Å². The summed E-state index contributed by atoms with van der Waals surface area (Å²) in [7, 11) is 0. The Bertz CT molecular complexity index is 615. The van der Waals surface area contributed by atoms with E-state index >= 15 is 0 Å². The molecular weight excluding hydrogens is 266 g/mol. The van der Waals surface area contributed by atoms with Gasteiger partial charge in [-0.15, -0.1) is 0 Å². The van der Waals surface area contributed by atoms with Crippen molar-refractivity contribution in [3.05, 3.63) is 48.3 Å². The highest BCUT2D eigenvalue weighted by atomic mass is 16.5. The molecule has 1 aromatic carbocycles. The van der Waals surface area contributed by atoms with Crippen LogP contribution in [-0.2, 0) is 0 Å². The Morgan fingerprint density at radius 2 is 2.05 bits per heavy atom. The molecule has 1 aliphatic carbocycles. The first-order valence-corrected chi connectivity index (χ1v) is 7.19. The quantitative estimate of drug-likeness (QED) is 0.856. The number of nitrogens with one attached hydrogen (secondary N) is 1. The van der Waals surface area contributed by atoms with Crippen molar-refractivity contribution in [3.63, 3.8) is 0 Å². The summed E-state index contributed by atoms with van der Waals surface area (Å²) >= 11 is 0. The van der Waals surface area contributed by atoms with Crippen LogP contribution >= 0.6 is 0 Å². The van der Waals surface area contributed by atoms with Crippen LogP contribution in [0.4, 0.5) is 5.69 Å². The van der Waals surface area contributed by atoms with Crippen molar-refractivity contribution < 1.29 is 9.53 Å². The van der Waals surface area contributed by atoms with Crippen LogP contribution in [0.5, 0.6) is 5.75 Å². The van der Waals surface area contributed by atoms with Crippen molar-refractivity contribution in [2.45, 2.75) is 18.9 Å². The minimum Gasteiger partial charge on any atom is -0.492 e. The number of rotatable bonds is 6. The lowest BCUT2D eigenvalue weighted by atomic mass is 10.3. The molecule has 2 aromatic rings. The Kier molecular flexibility index (Phi) is 3.92. The molecule has 1 saturated carbocycles. The van der Waals surface area contributed by atoms with E-state index in [-0.39, 0.29) is 5.91 Å².